The van der Waals surface area contributed by atoms with Gasteiger partial charge in [0, 0.05) is 15.4 Å². The van der Waals surface area contributed by atoms with Crippen molar-refractivity contribution in [3.05, 3.63) is 30.1 Å². The van der Waals surface area contributed by atoms with E-state index in [2.05, 4.69) is 0 Å². The van der Waals surface area contributed by atoms with Crippen LogP contribution in [0.25, 0.3) is 10.1 Å². The van der Waals surface area contributed by atoms with Crippen molar-refractivity contribution < 1.29 is 12.8 Å². The molecule has 0 aliphatic heterocycles. The molecule has 0 saturated carbocycles. The molecule has 0 aliphatic rings. The van der Waals surface area contributed by atoms with Crippen LogP contribution in [0.4, 0.5) is 4.39 Å². The van der Waals surface area contributed by atoms with Crippen LogP contribution in [0.1, 0.15) is 0 Å². The summed E-state index contributed by atoms with van der Waals surface area (Å²) in [6.45, 7) is 0. The van der Waals surface area contributed by atoms with Crippen LogP contribution in [0.2, 0.25) is 0 Å². The van der Waals surface area contributed by atoms with Gasteiger partial charge in [-0.1, -0.05) is 6.07 Å². The van der Waals surface area contributed by atoms with E-state index in [4.69, 9.17) is 10.7 Å². The van der Waals surface area contributed by atoms with E-state index in [9.17, 15) is 12.8 Å². The van der Waals surface area contributed by atoms with Crippen molar-refractivity contribution in [2.75, 3.05) is 0 Å². The van der Waals surface area contributed by atoms with E-state index in [0.717, 1.165) is 11.3 Å². The van der Waals surface area contributed by atoms with Gasteiger partial charge in [-0.25, -0.2) is 12.8 Å². The van der Waals surface area contributed by atoms with Gasteiger partial charge in [-0.2, -0.15) is 0 Å². The summed E-state index contributed by atoms with van der Waals surface area (Å²) in [5.74, 6) is -0.391. The van der Waals surface area contributed by atoms with Gasteiger partial charge < -0.3 is 0 Å². The highest BCUT2D eigenvalue weighted by molar-refractivity contribution is 8.15. The molecule has 74 valence electrons. The monoisotopic (exact) mass is 250 g/mol. The Morgan fingerprint density at radius 2 is 2.00 bits per heavy atom. The molecular formula is C8H4ClFO2S2. The highest BCUT2D eigenvalue weighted by Crippen LogP contribution is 2.31. The number of hydrogen-bond donors (Lipinski definition) is 0. The van der Waals surface area contributed by atoms with Gasteiger partial charge in [0.25, 0.3) is 9.05 Å². The molecule has 0 radical (unpaired) electrons. The molecule has 6 heteroatoms. The highest BCUT2D eigenvalue weighted by atomic mass is 35.7. The summed E-state index contributed by atoms with van der Waals surface area (Å²) in [4.78, 5) is 0. The summed E-state index contributed by atoms with van der Waals surface area (Å²) in [6, 6.07) is 5.51. The van der Waals surface area contributed by atoms with Crippen LogP contribution in [0.5, 0.6) is 0 Å². The van der Waals surface area contributed by atoms with Crippen molar-refractivity contribution in [2.24, 2.45) is 0 Å². The minimum atomic E-state index is -3.71. The van der Waals surface area contributed by atoms with Crippen LogP contribution >= 0.6 is 22.0 Å². The Bertz CT molecular complexity index is 588. The van der Waals surface area contributed by atoms with Crippen LogP contribution in [0, 0.1) is 5.82 Å². The summed E-state index contributed by atoms with van der Waals surface area (Å²) >= 11 is 0.958. The average Bonchev–Trinajstić information content (AvgIpc) is 2.45. The van der Waals surface area contributed by atoms with Crippen LogP contribution in [-0.4, -0.2) is 8.42 Å². The number of fused-ring (bicyclic) bond motifs is 1. The van der Waals surface area contributed by atoms with E-state index >= 15 is 0 Å². The predicted octanol–water partition coefficient (Wildman–Crippen LogP) is 2.97. The van der Waals surface area contributed by atoms with Crippen molar-refractivity contribution in [3.8, 4) is 0 Å². The average molecular weight is 251 g/mol. The Kier molecular flexibility index (Phi) is 2.25. The van der Waals surface area contributed by atoms with Gasteiger partial charge >= 0.3 is 0 Å². The van der Waals surface area contributed by atoms with Crippen molar-refractivity contribution in [1.29, 1.82) is 0 Å². The molecule has 0 unspecified atom stereocenters. The fourth-order valence-corrected chi connectivity index (χ4v) is 3.27. The zero-order chi connectivity index (χ0) is 10.3. The molecule has 2 aromatic rings. The van der Waals surface area contributed by atoms with Gasteiger partial charge in [0.15, 0.2) is 0 Å². The number of hydrogen-bond acceptors (Lipinski definition) is 3. The van der Waals surface area contributed by atoms with Crippen LogP contribution in [0.15, 0.2) is 28.5 Å². The van der Waals surface area contributed by atoms with E-state index in [1.165, 1.54) is 24.3 Å². The third-order valence-electron chi connectivity index (χ3n) is 1.70. The molecule has 1 aromatic carbocycles. The van der Waals surface area contributed by atoms with Gasteiger partial charge in [-0.05, 0) is 23.6 Å². The van der Waals surface area contributed by atoms with E-state index in [1.54, 1.807) is 0 Å². The molecule has 0 spiro atoms. The van der Waals surface area contributed by atoms with Crippen LogP contribution in [0.3, 0.4) is 0 Å². The third-order valence-corrected chi connectivity index (χ3v) is 4.87. The van der Waals surface area contributed by atoms with E-state index in [-0.39, 0.29) is 4.21 Å². The second-order valence-corrected chi connectivity index (χ2v) is 6.56. The van der Waals surface area contributed by atoms with E-state index < -0.39 is 14.9 Å². The second-order valence-electron chi connectivity index (χ2n) is 2.69. The van der Waals surface area contributed by atoms with Gasteiger partial charge in [0.1, 0.15) is 10.0 Å². The Hall–Kier alpha value is -0.650. The number of thiophene rings is 1. The summed E-state index contributed by atoms with van der Waals surface area (Å²) in [5.41, 5.74) is 0. The maximum absolute atomic E-state index is 12.8. The first-order valence-electron chi connectivity index (χ1n) is 3.60. The number of halogens is 2. The standard InChI is InChI=1S/C8H4ClFO2S2/c9-14(11,12)8-3-5-1-2-6(10)4-7(5)13-8/h1-4H. The number of rotatable bonds is 1. The van der Waals surface area contributed by atoms with Crippen molar-refractivity contribution in [1.82, 2.24) is 0 Å². The molecule has 2 nitrogen and oxygen atoms in total. The van der Waals surface area contributed by atoms with Crippen molar-refractivity contribution >= 4 is 41.2 Å². The molecule has 0 N–H and O–H groups in total. The highest BCUT2D eigenvalue weighted by Gasteiger charge is 2.14. The first-order valence-corrected chi connectivity index (χ1v) is 6.73. The predicted molar refractivity (Wildman–Crippen MR) is 54.8 cm³/mol. The third kappa shape index (κ3) is 1.75. The summed E-state index contributed by atoms with van der Waals surface area (Å²) in [7, 11) is 1.45. The molecule has 0 atom stereocenters. The molecular weight excluding hydrogens is 247 g/mol. The fraction of sp³-hybridized carbons (Fsp3) is 0. The molecule has 0 saturated heterocycles. The van der Waals surface area contributed by atoms with Gasteiger partial charge in [0.05, 0.1) is 0 Å². The maximum atomic E-state index is 12.8. The normalized spacial score (nSPS) is 12.1. The summed E-state index contributed by atoms with van der Waals surface area (Å²) in [6.07, 6.45) is 0. The molecule has 0 bridgehead atoms. The minimum absolute atomic E-state index is 0.0415. The molecule has 0 amide bonds. The molecule has 14 heavy (non-hydrogen) atoms. The Morgan fingerprint density at radius 1 is 1.29 bits per heavy atom. The van der Waals surface area contributed by atoms with Crippen molar-refractivity contribution in [3.63, 3.8) is 0 Å². The molecule has 0 aliphatic carbocycles. The molecule has 1 heterocycles. The fourth-order valence-electron chi connectivity index (χ4n) is 1.10. The first kappa shape index (κ1) is 9.89. The number of benzene rings is 1. The lowest BCUT2D eigenvalue weighted by molar-refractivity contribution is 0.611. The lowest BCUT2D eigenvalue weighted by Crippen LogP contribution is -1.83. The quantitative estimate of drug-likeness (QED) is 0.730. The zero-order valence-electron chi connectivity index (χ0n) is 6.70. The van der Waals surface area contributed by atoms with Gasteiger partial charge in [0.2, 0.25) is 0 Å². The lowest BCUT2D eigenvalue weighted by atomic mass is 10.3. The molecule has 0 fully saturated rings. The largest absolute Gasteiger partial charge is 0.270 e. The van der Waals surface area contributed by atoms with Crippen LogP contribution < -0.4 is 0 Å². The summed E-state index contributed by atoms with van der Waals surface area (Å²) in [5, 5.41) is 0.677. The molecule has 2 rings (SSSR count). The van der Waals surface area contributed by atoms with Crippen LogP contribution in [-0.2, 0) is 9.05 Å². The zero-order valence-corrected chi connectivity index (χ0v) is 9.09. The Morgan fingerprint density at radius 3 is 2.64 bits per heavy atom. The minimum Gasteiger partial charge on any atom is -0.207 e. The lowest BCUT2D eigenvalue weighted by Gasteiger charge is -1.86. The SMILES string of the molecule is O=S(=O)(Cl)c1cc2ccc(F)cc2s1. The van der Waals surface area contributed by atoms with E-state index in [0.29, 0.717) is 10.1 Å². The second kappa shape index (κ2) is 3.18. The van der Waals surface area contributed by atoms with Gasteiger partial charge in [-0.3, -0.25) is 0 Å². The van der Waals surface area contributed by atoms with Crippen molar-refractivity contribution in [2.45, 2.75) is 4.21 Å². The maximum Gasteiger partial charge on any atom is 0.270 e. The summed E-state index contributed by atoms with van der Waals surface area (Å²) < 4.78 is 35.3. The smallest absolute Gasteiger partial charge is 0.207 e. The Labute approximate surface area is 88.4 Å². The first-order chi connectivity index (χ1) is 6.47. The molecule has 1 aromatic heterocycles. The van der Waals surface area contributed by atoms with Gasteiger partial charge in [-0.15, -0.1) is 11.3 Å². The topological polar surface area (TPSA) is 34.1 Å². The van der Waals surface area contributed by atoms with E-state index in [1.807, 2.05) is 0 Å². The Balaban J connectivity index is 2.75.